The lowest BCUT2D eigenvalue weighted by atomic mass is 9.97. The van der Waals surface area contributed by atoms with Crippen LogP contribution in [0.5, 0.6) is 0 Å². The molecule has 1 unspecified atom stereocenters. The van der Waals surface area contributed by atoms with Gasteiger partial charge in [-0.1, -0.05) is 33.1 Å². The van der Waals surface area contributed by atoms with Crippen molar-refractivity contribution in [1.29, 1.82) is 0 Å². The van der Waals surface area contributed by atoms with E-state index in [0.717, 1.165) is 5.92 Å². The number of unbranched alkanes of at least 4 members (excludes halogenated alkanes) is 1. The molecule has 1 atom stereocenters. The van der Waals surface area contributed by atoms with Crippen LogP contribution in [0.1, 0.15) is 46.0 Å². The minimum absolute atomic E-state index is 0.935. The Morgan fingerprint density at radius 2 is 1.67 bits per heavy atom. The van der Waals surface area contributed by atoms with Crippen LogP contribution in [0.3, 0.4) is 0 Å². The third-order valence-electron chi connectivity index (χ3n) is 2.29. The molecule has 0 aliphatic carbocycles. The molecular formula is C11H25N. The first-order chi connectivity index (χ1) is 5.70. The van der Waals surface area contributed by atoms with Crippen LogP contribution in [0.2, 0.25) is 0 Å². The third-order valence-corrected chi connectivity index (χ3v) is 2.29. The Kier molecular flexibility index (Phi) is 7.58. The minimum atomic E-state index is 0.935. The fourth-order valence-corrected chi connectivity index (χ4v) is 1.74. The summed E-state index contributed by atoms with van der Waals surface area (Å²) >= 11 is 0. The zero-order valence-corrected chi connectivity index (χ0v) is 9.27. The lowest BCUT2D eigenvalue weighted by Crippen LogP contribution is -2.21. The van der Waals surface area contributed by atoms with Gasteiger partial charge in [0.25, 0.3) is 0 Å². The molecule has 0 aromatic rings. The van der Waals surface area contributed by atoms with Gasteiger partial charge in [0, 0.05) is 6.54 Å². The second-order valence-corrected chi connectivity index (χ2v) is 4.06. The number of hydrogen-bond acceptors (Lipinski definition) is 1. The molecule has 0 aliphatic heterocycles. The van der Waals surface area contributed by atoms with Crippen LogP contribution in [0.4, 0.5) is 0 Å². The van der Waals surface area contributed by atoms with Crippen molar-refractivity contribution >= 4 is 0 Å². The van der Waals surface area contributed by atoms with E-state index in [1.54, 1.807) is 0 Å². The molecule has 0 heterocycles. The Balaban J connectivity index is 3.54. The molecule has 0 bridgehead atoms. The summed E-state index contributed by atoms with van der Waals surface area (Å²) in [7, 11) is 4.35. The van der Waals surface area contributed by atoms with Crippen LogP contribution in [-0.4, -0.2) is 25.5 Å². The molecule has 0 radical (unpaired) electrons. The number of nitrogens with zero attached hydrogens (tertiary/aromatic N) is 1. The molecular weight excluding hydrogens is 146 g/mol. The van der Waals surface area contributed by atoms with Crippen molar-refractivity contribution in [2.24, 2.45) is 5.92 Å². The Hall–Kier alpha value is -0.0400. The molecule has 0 aromatic heterocycles. The lowest BCUT2D eigenvalue weighted by molar-refractivity contribution is 0.293. The van der Waals surface area contributed by atoms with E-state index in [-0.39, 0.29) is 0 Å². The molecule has 0 aromatic carbocycles. The molecule has 0 aliphatic rings. The van der Waals surface area contributed by atoms with Crippen molar-refractivity contribution in [2.75, 3.05) is 20.6 Å². The van der Waals surface area contributed by atoms with Crippen molar-refractivity contribution in [1.82, 2.24) is 4.90 Å². The highest BCUT2D eigenvalue weighted by Crippen LogP contribution is 2.15. The van der Waals surface area contributed by atoms with E-state index in [4.69, 9.17) is 0 Å². The summed E-state index contributed by atoms with van der Waals surface area (Å²) < 4.78 is 0. The molecule has 74 valence electrons. The van der Waals surface area contributed by atoms with Gasteiger partial charge in [-0.15, -0.1) is 0 Å². The Morgan fingerprint density at radius 1 is 1.00 bits per heavy atom. The standard InChI is InChI=1S/C11H25N/c1-5-7-9-11(8-6-2)10-12(3)4/h11H,5-10H2,1-4H3. The van der Waals surface area contributed by atoms with E-state index in [9.17, 15) is 0 Å². The first kappa shape index (κ1) is 12.0. The SMILES string of the molecule is CCCCC(CCC)CN(C)C. The highest BCUT2D eigenvalue weighted by Gasteiger charge is 2.07. The highest BCUT2D eigenvalue weighted by molar-refractivity contribution is 4.61. The molecule has 1 heteroatoms. The molecule has 0 saturated carbocycles. The van der Waals surface area contributed by atoms with Gasteiger partial charge >= 0.3 is 0 Å². The zero-order chi connectivity index (χ0) is 9.40. The van der Waals surface area contributed by atoms with Crippen LogP contribution in [0.25, 0.3) is 0 Å². The molecule has 0 amide bonds. The summed E-state index contributed by atoms with van der Waals surface area (Å²) in [4.78, 5) is 2.32. The van der Waals surface area contributed by atoms with Crippen LogP contribution < -0.4 is 0 Å². The predicted octanol–water partition coefficient (Wildman–Crippen LogP) is 3.15. The van der Waals surface area contributed by atoms with E-state index < -0.39 is 0 Å². The first-order valence-electron chi connectivity index (χ1n) is 5.35. The van der Waals surface area contributed by atoms with Gasteiger partial charge in [0.2, 0.25) is 0 Å². The molecule has 0 fully saturated rings. The summed E-state index contributed by atoms with van der Waals surface area (Å²) in [5.74, 6) is 0.935. The van der Waals surface area contributed by atoms with E-state index in [1.807, 2.05) is 0 Å². The fourth-order valence-electron chi connectivity index (χ4n) is 1.74. The van der Waals surface area contributed by atoms with Crippen LogP contribution in [0, 0.1) is 5.92 Å². The second-order valence-electron chi connectivity index (χ2n) is 4.06. The van der Waals surface area contributed by atoms with E-state index in [1.165, 1.54) is 38.6 Å². The van der Waals surface area contributed by atoms with Crippen LogP contribution >= 0.6 is 0 Å². The topological polar surface area (TPSA) is 3.24 Å². The minimum Gasteiger partial charge on any atom is -0.309 e. The van der Waals surface area contributed by atoms with Crippen molar-refractivity contribution in [2.45, 2.75) is 46.0 Å². The summed E-state index contributed by atoms with van der Waals surface area (Å²) in [5.41, 5.74) is 0. The summed E-state index contributed by atoms with van der Waals surface area (Å²) in [5, 5.41) is 0. The zero-order valence-electron chi connectivity index (χ0n) is 9.27. The summed E-state index contributed by atoms with van der Waals surface area (Å²) in [6.07, 6.45) is 6.90. The van der Waals surface area contributed by atoms with Gasteiger partial charge in [-0.05, 0) is 32.9 Å². The molecule has 0 N–H and O–H groups in total. The average molecular weight is 171 g/mol. The van der Waals surface area contributed by atoms with E-state index >= 15 is 0 Å². The maximum Gasteiger partial charge on any atom is 0.000356 e. The van der Waals surface area contributed by atoms with Crippen molar-refractivity contribution in [3.05, 3.63) is 0 Å². The molecule has 0 rings (SSSR count). The second kappa shape index (κ2) is 7.60. The summed E-state index contributed by atoms with van der Waals surface area (Å²) in [6.45, 7) is 5.83. The smallest absolute Gasteiger partial charge is 0.000356 e. The molecule has 1 nitrogen and oxygen atoms in total. The lowest BCUT2D eigenvalue weighted by Gasteiger charge is -2.20. The largest absolute Gasteiger partial charge is 0.309 e. The normalized spacial score (nSPS) is 13.8. The Bertz CT molecular complexity index is 89.0. The highest BCUT2D eigenvalue weighted by atomic mass is 15.1. The van der Waals surface area contributed by atoms with Crippen molar-refractivity contribution < 1.29 is 0 Å². The predicted molar refractivity (Wildman–Crippen MR) is 56.5 cm³/mol. The molecule has 0 spiro atoms. The Labute approximate surface area is 78.1 Å². The number of rotatable bonds is 7. The quantitative estimate of drug-likeness (QED) is 0.569. The van der Waals surface area contributed by atoms with E-state index in [0.29, 0.717) is 0 Å². The van der Waals surface area contributed by atoms with Gasteiger partial charge in [-0.3, -0.25) is 0 Å². The maximum atomic E-state index is 2.32. The fraction of sp³-hybridized carbons (Fsp3) is 1.00. The van der Waals surface area contributed by atoms with Crippen LogP contribution in [-0.2, 0) is 0 Å². The Morgan fingerprint density at radius 3 is 2.08 bits per heavy atom. The van der Waals surface area contributed by atoms with E-state index in [2.05, 4.69) is 32.8 Å². The van der Waals surface area contributed by atoms with Gasteiger partial charge in [0.15, 0.2) is 0 Å². The van der Waals surface area contributed by atoms with Gasteiger partial charge in [-0.25, -0.2) is 0 Å². The van der Waals surface area contributed by atoms with Gasteiger partial charge in [0.1, 0.15) is 0 Å². The van der Waals surface area contributed by atoms with Crippen molar-refractivity contribution in [3.8, 4) is 0 Å². The van der Waals surface area contributed by atoms with Crippen LogP contribution in [0.15, 0.2) is 0 Å². The van der Waals surface area contributed by atoms with Gasteiger partial charge in [0.05, 0.1) is 0 Å². The number of hydrogen-bond donors (Lipinski definition) is 0. The maximum absolute atomic E-state index is 2.32. The molecule has 0 saturated heterocycles. The summed E-state index contributed by atoms with van der Waals surface area (Å²) in [6, 6.07) is 0. The van der Waals surface area contributed by atoms with Gasteiger partial charge in [-0.2, -0.15) is 0 Å². The molecule has 12 heavy (non-hydrogen) atoms. The first-order valence-corrected chi connectivity index (χ1v) is 5.35. The third kappa shape index (κ3) is 6.66. The van der Waals surface area contributed by atoms with Gasteiger partial charge < -0.3 is 4.90 Å². The monoisotopic (exact) mass is 171 g/mol. The van der Waals surface area contributed by atoms with Crippen molar-refractivity contribution in [3.63, 3.8) is 0 Å². The average Bonchev–Trinajstić information content (AvgIpc) is 2.00.